The highest BCUT2D eigenvalue weighted by Crippen LogP contribution is 2.34. The summed E-state index contributed by atoms with van der Waals surface area (Å²) in [6, 6.07) is 9.06. The number of hydrogen-bond acceptors (Lipinski definition) is 7. The number of rotatable bonds is 9. The Hall–Kier alpha value is -3.24. The van der Waals surface area contributed by atoms with Gasteiger partial charge in [0.2, 0.25) is 5.88 Å². The molecule has 2 aromatic carbocycles. The maximum absolute atomic E-state index is 13.8. The number of aromatic nitrogens is 2. The normalized spacial score (nSPS) is 11.9. The fraction of sp³-hybridized carbons (Fsp3) is 0.333. The van der Waals surface area contributed by atoms with E-state index in [0.717, 1.165) is 23.0 Å². The van der Waals surface area contributed by atoms with Crippen molar-refractivity contribution in [2.45, 2.75) is 64.3 Å². The van der Waals surface area contributed by atoms with Gasteiger partial charge in [-0.1, -0.05) is 30.2 Å². The van der Waals surface area contributed by atoms with E-state index < -0.39 is 25.7 Å². The molecule has 0 aliphatic heterocycles. The largest absolute Gasteiger partial charge is 0.358 e. The molecule has 1 heterocycles. The van der Waals surface area contributed by atoms with Gasteiger partial charge in [-0.2, -0.15) is 13.5 Å². The number of sulfone groups is 1. The highest BCUT2D eigenvalue weighted by molar-refractivity contribution is 7.90. The van der Waals surface area contributed by atoms with Crippen LogP contribution in [0.15, 0.2) is 58.0 Å². The second kappa shape index (κ2) is 10.6. The van der Waals surface area contributed by atoms with Crippen molar-refractivity contribution in [1.29, 1.82) is 0 Å². The van der Waals surface area contributed by atoms with Gasteiger partial charge in [-0.3, -0.25) is 4.79 Å². The maximum Gasteiger partial charge on any atom is 0.340 e. The third-order valence-corrected chi connectivity index (χ3v) is 8.53. The van der Waals surface area contributed by atoms with E-state index in [-0.39, 0.29) is 26.8 Å². The van der Waals surface area contributed by atoms with Crippen molar-refractivity contribution in [2.24, 2.45) is 0 Å². The van der Waals surface area contributed by atoms with Crippen LogP contribution in [-0.2, 0) is 26.5 Å². The maximum atomic E-state index is 13.8. The average molecular weight is 545 g/mol. The molecule has 1 aromatic heterocycles. The Morgan fingerprint density at radius 2 is 1.57 bits per heavy atom. The zero-order valence-corrected chi connectivity index (χ0v) is 23.7. The molecule has 198 valence electrons. The zero-order chi connectivity index (χ0) is 27.7. The van der Waals surface area contributed by atoms with Crippen LogP contribution in [0, 0.1) is 13.8 Å². The Morgan fingerprint density at radius 3 is 2.11 bits per heavy atom. The molecule has 0 spiro atoms. The van der Waals surface area contributed by atoms with Gasteiger partial charge in [0.1, 0.15) is 10.5 Å². The van der Waals surface area contributed by atoms with E-state index in [0.29, 0.717) is 24.1 Å². The molecule has 0 N–H and O–H groups in total. The molecule has 3 rings (SSSR count). The van der Waals surface area contributed by atoms with E-state index >= 15 is 0 Å². The number of carbonyl (C=O) groups is 1. The fourth-order valence-corrected chi connectivity index (χ4v) is 5.89. The second-order valence-corrected chi connectivity index (χ2v) is 12.8. The first kappa shape index (κ1) is 28.3. The first-order valence-corrected chi connectivity index (χ1v) is 15.1. The van der Waals surface area contributed by atoms with Crippen molar-refractivity contribution in [1.82, 2.24) is 9.78 Å². The van der Waals surface area contributed by atoms with Crippen molar-refractivity contribution in [3.05, 3.63) is 76.0 Å². The molecular formula is C27H32N2O6S2. The predicted octanol–water partition coefficient (Wildman–Crippen LogP) is 5.13. The Balaban J connectivity index is 2.19. The third kappa shape index (κ3) is 5.86. The number of aryl methyl sites for hydroxylation is 2. The highest BCUT2D eigenvalue weighted by atomic mass is 32.2. The number of carbonyl (C=O) groups excluding carboxylic acids is 1. The Morgan fingerprint density at radius 1 is 0.946 bits per heavy atom. The minimum absolute atomic E-state index is 0.0276. The summed E-state index contributed by atoms with van der Waals surface area (Å²) in [6.45, 7) is 11.3. The van der Waals surface area contributed by atoms with Crippen LogP contribution in [0.1, 0.15) is 66.7 Å². The molecule has 0 aliphatic carbocycles. The lowest BCUT2D eigenvalue weighted by Gasteiger charge is -2.17. The number of hydrogen-bond donors (Lipinski definition) is 0. The predicted molar refractivity (Wildman–Crippen MR) is 143 cm³/mol. The summed E-state index contributed by atoms with van der Waals surface area (Å²) in [4.78, 5) is 13.9. The first-order chi connectivity index (χ1) is 17.2. The molecule has 37 heavy (non-hydrogen) atoms. The molecule has 3 aromatic rings. The van der Waals surface area contributed by atoms with Gasteiger partial charge >= 0.3 is 10.1 Å². The molecule has 0 bridgehead atoms. The molecule has 0 unspecified atom stereocenters. The fourth-order valence-electron chi connectivity index (χ4n) is 3.95. The summed E-state index contributed by atoms with van der Waals surface area (Å²) in [5.74, 6) is -0.698. The van der Waals surface area contributed by atoms with Gasteiger partial charge in [-0.25, -0.2) is 13.1 Å². The number of ketones is 1. The lowest BCUT2D eigenvalue weighted by Crippen LogP contribution is -2.16. The van der Waals surface area contributed by atoms with Gasteiger partial charge in [-0.05, 0) is 82.0 Å². The Bertz CT molecular complexity index is 1590. The minimum Gasteiger partial charge on any atom is -0.358 e. The third-order valence-electron chi connectivity index (χ3n) is 6.17. The van der Waals surface area contributed by atoms with Crippen LogP contribution in [0.25, 0.3) is 5.57 Å². The Labute approximate surface area is 219 Å². The van der Waals surface area contributed by atoms with Crippen molar-refractivity contribution in [3.63, 3.8) is 0 Å². The van der Waals surface area contributed by atoms with E-state index in [4.69, 9.17) is 4.18 Å². The van der Waals surface area contributed by atoms with Gasteiger partial charge in [0.05, 0.1) is 11.1 Å². The number of benzene rings is 2. The first-order valence-electron chi connectivity index (χ1n) is 11.8. The average Bonchev–Trinajstić information content (AvgIpc) is 3.19. The van der Waals surface area contributed by atoms with Crippen LogP contribution in [0.2, 0.25) is 0 Å². The Kier molecular flexibility index (Phi) is 8.14. The van der Waals surface area contributed by atoms with Crippen LogP contribution in [0.5, 0.6) is 5.88 Å². The van der Waals surface area contributed by atoms with Crippen LogP contribution in [0.3, 0.4) is 0 Å². The van der Waals surface area contributed by atoms with Gasteiger partial charge < -0.3 is 4.18 Å². The van der Waals surface area contributed by atoms with Gasteiger partial charge in [0, 0.05) is 18.4 Å². The van der Waals surface area contributed by atoms with Crippen molar-refractivity contribution < 1.29 is 25.8 Å². The summed E-state index contributed by atoms with van der Waals surface area (Å²) < 4.78 is 58.0. The summed E-state index contributed by atoms with van der Waals surface area (Å²) in [7, 11) is -7.82. The lowest BCUT2D eigenvalue weighted by molar-refractivity contribution is 0.103. The zero-order valence-electron chi connectivity index (χ0n) is 22.1. The standard InChI is InChI=1S/C27H32N2O6S2/c1-8-15-29-27(35-37(33,34)21-11-9-18(4)10-12-21)23(16-28-29)26(30)22-13-14-24(36(7,31)32)25(20(22)6)19(5)17(2)3/h9-14,16H,8,15H2,1-7H3. The van der Waals surface area contributed by atoms with E-state index in [1.807, 2.05) is 34.6 Å². The summed E-state index contributed by atoms with van der Waals surface area (Å²) in [5.41, 5.74) is 3.68. The molecule has 8 nitrogen and oxygen atoms in total. The lowest BCUT2D eigenvalue weighted by atomic mass is 9.91. The molecule has 0 radical (unpaired) electrons. The number of nitrogens with zero attached hydrogens (tertiary/aromatic N) is 2. The minimum atomic E-state index is -4.25. The van der Waals surface area contributed by atoms with Gasteiger partial charge in [0.15, 0.2) is 15.6 Å². The van der Waals surface area contributed by atoms with Crippen LogP contribution >= 0.6 is 0 Å². The summed E-state index contributed by atoms with van der Waals surface area (Å²) in [6.07, 6.45) is 3.04. The smallest absolute Gasteiger partial charge is 0.340 e. The second-order valence-electron chi connectivity index (χ2n) is 9.27. The molecule has 10 heteroatoms. The molecule has 0 amide bonds. The summed E-state index contributed by atoms with van der Waals surface area (Å²) >= 11 is 0. The van der Waals surface area contributed by atoms with Crippen molar-refractivity contribution in [3.8, 4) is 5.88 Å². The van der Waals surface area contributed by atoms with E-state index in [1.54, 1.807) is 19.1 Å². The van der Waals surface area contributed by atoms with Gasteiger partial charge in [-0.15, -0.1) is 0 Å². The van der Waals surface area contributed by atoms with Crippen molar-refractivity contribution >= 4 is 31.3 Å². The molecule has 0 saturated carbocycles. The van der Waals surface area contributed by atoms with Crippen LogP contribution in [0.4, 0.5) is 0 Å². The van der Waals surface area contributed by atoms with Gasteiger partial charge in [0.25, 0.3) is 0 Å². The molecule has 0 saturated heterocycles. The SMILES string of the molecule is CCCn1ncc(C(=O)c2ccc(S(C)(=O)=O)c(C(C)=C(C)C)c2C)c1OS(=O)(=O)c1ccc(C)cc1. The van der Waals surface area contributed by atoms with E-state index in [1.165, 1.54) is 35.1 Å². The number of allylic oxidation sites excluding steroid dienone is 2. The van der Waals surface area contributed by atoms with E-state index in [9.17, 15) is 21.6 Å². The van der Waals surface area contributed by atoms with Crippen LogP contribution < -0.4 is 4.18 Å². The van der Waals surface area contributed by atoms with Crippen molar-refractivity contribution in [2.75, 3.05) is 6.26 Å². The summed E-state index contributed by atoms with van der Waals surface area (Å²) in [5, 5.41) is 4.22. The topological polar surface area (TPSA) is 112 Å². The molecular weight excluding hydrogens is 512 g/mol. The van der Waals surface area contributed by atoms with E-state index in [2.05, 4.69) is 5.10 Å². The highest BCUT2D eigenvalue weighted by Gasteiger charge is 2.29. The quantitative estimate of drug-likeness (QED) is 0.271. The monoisotopic (exact) mass is 544 g/mol. The van der Waals surface area contributed by atoms with Crippen LogP contribution in [-0.4, -0.2) is 38.7 Å². The molecule has 0 aliphatic rings. The molecule has 0 fully saturated rings. The molecule has 0 atom stereocenters.